The number of hydrogen-bond acceptors (Lipinski definition) is 2. The molecule has 1 rings (SSSR count). The van der Waals surface area contributed by atoms with Gasteiger partial charge in [-0.2, -0.15) is 5.10 Å². The summed E-state index contributed by atoms with van der Waals surface area (Å²) >= 11 is 8.93. The molecule has 0 aromatic carbocycles. The molecule has 0 fully saturated rings. The monoisotopic (exact) mass is 238 g/mol. The van der Waals surface area contributed by atoms with E-state index in [0.29, 0.717) is 5.88 Å². The number of ether oxygens (including phenoxy) is 1. The van der Waals surface area contributed by atoms with Crippen LogP contribution in [0, 0.1) is 0 Å². The highest BCUT2D eigenvalue weighted by Gasteiger charge is 2.05. The van der Waals surface area contributed by atoms with Crippen molar-refractivity contribution in [3.8, 4) is 5.75 Å². The second-order valence-electron chi connectivity index (χ2n) is 1.95. The van der Waals surface area contributed by atoms with Crippen molar-refractivity contribution in [2.45, 2.75) is 4.95 Å². The van der Waals surface area contributed by atoms with E-state index >= 15 is 0 Å². The molecular weight excluding hydrogens is 231 g/mol. The zero-order valence-corrected chi connectivity index (χ0v) is 8.34. The van der Waals surface area contributed by atoms with Crippen LogP contribution in [-0.2, 0) is 0 Å². The normalized spacial score (nSPS) is 13.0. The van der Waals surface area contributed by atoms with E-state index in [0.717, 1.165) is 5.75 Å². The van der Waals surface area contributed by atoms with Crippen LogP contribution < -0.4 is 4.74 Å². The van der Waals surface area contributed by atoms with Gasteiger partial charge in [0.1, 0.15) is 4.95 Å². The molecule has 0 spiro atoms. The van der Waals surface area contributed by atoms with Gasteiger partial charge in [0.25, 0.3) is 0 Å². The fourth-order valence-corrected chi connectivity index (χ4v) is 1.02. The molecule has 1 unspecified atom stereocenters. The zero-order valence-electron chi connectivity index (χ0n) is 6.00. The number of aromatic nitrogens is 2. The Labute approximate surface area is 78.4 Å². The van der Waals surface area contributed by atoms with E-state index < -0.39 is 0 Å². The van der Waals surface area contributed by atoms with Gasteiger partial charge in [-0.3, -0.25) is 4.68 Å². The van der Waals surface area contributed by atoms with E-state index in [4.69, 9.17) is 16.3 Å². The summed E-state index contributed by atoms with van der Waals surface area (Å²) in [4.78, 5) is 0.0352. The average Bonchev–Trinajstić information content (AvgIpc) is 2.50. The smallest absolute Gasteiger partial charge is 0.156 e. The Hall–Kier alpha value is -0.220. The van der Waals surface area contributed by atoms with Crippen LogP contribution in [0.15, 0.2) is 12.4 Å². The Morgan fingerprint density at radius 3 is 3.09 bits per heavy atom. The molecular formula is C6H8BrClN2O. The van der Waals surface area contributed by atoms with Crippen LogP contribution in [0.5, 0.6) is 5.75 Å². The third-order valence-corrected chi connectivity index (χ3v) is 2.64. The van der Waals surface area contributed by atoms with E-state index in [1.54, 1.807) is 24.2 Å². The van der Waals surface area contributed by atoms with Crippen LogP contribution in [0.2, 0.25) is 0 Å². The van der Waals surface area contributed by atoms with Gasteiger partial charge in [-0.05, 0) is 0 Å². The molecule has 0 saturated heterocycles. The first kappa shape index (κ1) is 8.87. The van der Waals surface area contributed by atoms with E-state index in [9.17, 15) is 0 Å². The molecule has 0 bridgehead atoms. The van der Waals surface area contributed by atoms with Crippen LogP contribution in [0.1, 0.15) is 4.95 Å². The summed E-state index contributed by atoms with van der Waals surface area (Å²) in [5, 5.41) is 4.02. The highest BCUT2D eigenvalue weighted by Crippen LogP contribution is 2.18. The summed E-state index contributed by atoms with van der Waals surface area (Å²) in [7, 11) is 1.60. The van der Waals surface area contributed by atoms with E-state index in [1.165, 1.54) is 0 Å². The highest BCUT2D eigenvalue weighted by atomic mass is 79.9. The second-order valence-corrected chi connectivity index (χ2v) is 3.31. The van der Waals surface area contributed by atoms with Crippen LogP contribution in [0.3, 0.4) is 0 Å². The SMILES string of the molecule is COc1cnn(C(Br)CCl)c1. The van der Waals surface area contributed by atoms with E-state index in [2.05, 4.69) is 21.0 Å². The van der Waals surface area contributed by atoms with Crippen molar-refractivity contribution in [3.05, 3.63) is 12.4 Å². The molecule has 5 heteroatoms. The molecule has 1 atom stereocenters. The van der Waals surface area contributed by atoms with Crippen molar-refractivity contribution in [1.29, 1.82) is 0 Å². The molecule has 0 aliphatic carbocycles. The lowest BCUT2D eigenvalue weighted by Crippen LogP contribution is -2.02. The standard InChI is InChI=1S/C6H8BrClN2O/c1-11-5-3-9-10(4-5)6(7)2-8/h3-4,6H,2H2,1H3. The maximum atomic E-state index is 5.59. The number of rotatable bonds is 3. The van der Waals surface area contributed by atoms with Crippen LogP contribution >= 0.6 is 27.5 Å². The van der Waals surface area contributed by atoms with E-state index in [1.807, 2.05) is 0 Å². The predicted octanol–water partition coefficient (Wildman–Crippen LogP) is 2.02. The molecule has 0 N–H and O–H groups in total. The Bertz CT molecular complexity index is 228. The third-order valence-electron chi connectivity index (χ3n) is 1.23. The molecule has 11 heavy (non-hydrogen) atoms. The maximum absolute atomic E-state index is 5.59. The molecule has 0 aliphatic heterocycles. The topological polar surface area (TPSA) is 27.1 Å². The number of halogens is 2. The fourth-order valence-electron chi connectivity index (χ4n) is 0.650. The lowest BCUT2D eigenvalue weighted by Gasteiger charge is -2.03. The summed E-state index contributed by atoms with van der Waals surface area (Å²) < 4.78 is 6.64. The third kappa shape index (κ3) is 2.10. The van der Waals surface area contributed by atoms with Gasteiger partial charge in [-0.1, -0.05) is 15.9 Å². The van der Waals surface area contributed by atoms with Crippen molar-refractivity contribution in [2.75, 3.05) is 13.0 Å². The molecule has 3 nitrogen and oxygen atoms in total. The van der Waals surface area contributed by atoms with Crippen molar-refractivity contribution in [1.82, 2.24) is 9.78 Å². The van der Waals surface area contributed by atoms with Crippen molar-refractivity contribution >= 4 is 27.5 Å². The lowest BCUT2D eigenvalue weighted by atomic mass is 10.6. The van der Waals surface area contributed by atoms with Gasteiger partial charge in [-0.15, -0.1) is 11.6 Å². The lowest BCUT2D eigenvalue weighted by molar-refractivity contribution is 0.414. The van der Waals surface area contributed by atoms with Gasteiger partial charge in [0, 0.05) is 0 Å². The highest BCUT2D eigenvalue weighted by molar-refractivity contribution is 9.09. The van der Waals surface area contributed by atoms with Gasteiger partial charge < -0.3 is 4.74 Å². The van der Waals surface area contributed by atoms with Crippen molar-refractivity contribution < 1.29 is 4.74 Å². The van der Waals surface area contributed by atoms with Crippen LogP contribution in [0.4, 0.5) is 0 Å². The van der Waals surface area contributed by atoms with E-state index in [-0.39, 0.29) is 4.95 Å². The van der Waals surface area contributed by atoms with Gasteiger partial charge in [0.2, 0.25) is 0 Å². The van der Waals surface area contributed by atoms with Gasteiger partial charge in [0.05, 0.1) is 25.4 Å². The minimum atomic E-state index is 0.0352. The van der Waals surface area contributed by atoms with Crippen molar-refractivity contribution in [2.24, 2.45) is 0 Å². The molecule has 0 amide bonds. The first-order valence-corrected chi connectivity index (χ1v) is 4.51. The quantitative estimate of drug-likeness (QED) is 0.755. The summed E-state index contributed by atoms with van der Waals surface area (Å²) in [5.41, 5.74) is 0. The molecule has 0 saturated carbocycles. The number of alkyl halides is 2. The first-order valence-electron chi connectivity index (χ1n) is 3.06. The molecule has 0 radical (unpaired) electrons. The van der Waals surface area contributed by atoms with Gasteiger partial charge in [-0.25, -0.2) is 0 Å². The second kappa shape index (κ2) is 3.97. The Morgan fingerprint density at radius 2 is 2.64 bits per heavy atom. The number of nitrogens with zero attached hydrogens (tertiary/aromatic N) is 2. The molecule has 62 valence electrons. The fraction of sp³-hybridized carbons (Fsp3) is 0.500. The molecule has 1 aromatic rings. The summed E-state index contributed by atoms with van der Waals surface area (Å²) in [6, 6.07) is 0. The predicted molar refractivity (Wildman–Crippen MR) is 47.5 cm³/mol. The summed E-state index contributed by atoms with van der Waals surface area (Å²) in [6.07, 6.45) is 3.42. The van der Waals surface area contributed by atoms with Crippen LogP contribution in [0.25, 0.3) is 0 Å². The Balaban J connectivity index is 2.71. The average molecular weight is 239 g/mol. The largest absolute Gasteiger partial charge is 0.493 e. The zero-order chi connectivity index (χ0) is 8.27. The molecule has 1 aromatic heterocycles. The molecule has 1 heterocycles. The number of hydrogen-bond donors (Lipinski definition) is 0. The molecule has 0 aliphatic rings. The minimum absolute atomic E-state index is 0.0352. The Morgan fingerprint density at radius 1 is 1.91 bits per heavy atom. The van der Waals surface area contributed by atoms with Crippen molar-refractivity contribution in [3.63, 3.8) is 0 Å². The summed E-state index contributed by atoms with van der Waals surface area (Å²) in [5.74, 6) is 1.21. The number of methoxy groups -OCH3 is 1. The summed E-state index contributed by atoms with van der Waals surface area (Å²) in [6.45, 7) is 0. The Kier molecular flexibility index (Phi) is 3.20. The minimum Gasteiger partial charge on any atom is -0.493 e. The van der Waals surface area contributed by atoms with Gasteiger partial charge in [0.15, 0.2) is 5.75 Å². The van der Waals surface area contributed by atoms with Gasteiger partial charge >= 0.3 is 0 Å². The van der Waals surface area contributed by atoms with Crippen LogP contribution in [-0.4, -0.2) is 22.8 Å². The maximum Gasteiger partial charge on any atom is 0.156 e. The first-order chi connectivity index (χ1) is 5.27.